The second-order valence-corrected chi connectivity index (χ2v) is 7.58. The first-order valence-corrected chi connectivity index (χ1v) is 9.12. The van der Waals surface area contributed by atoms with Crippen molar-refractivity contribution in [3.63, 3.8) is 0 Å². The zero-order valence-corrected chi connectivity index (χ0v) is 15.3. The molecule has 25 heavy (non-hydrogen) atoms. The van der Waals surface area contributed by atoms with Crippen LogP contribution >= 0.6 is 23.7 Å². The van der Waals surface area contributed by atoms with Gasteiger partial charge in [0.2, 0.25) is 0 Å². The Kier molecular flexibility index (Phi) is 5.15. The van der Waals surface area contributed by atoms with Crippen molar-refractivity contribution in [1.29, 1.82) is 0 Å². The number of carbonyl (C=O) groups is 1. The summed E-state index contributed by atoms with van der Waals surface area (Å²) >= 11 is 1.36. The second-order valence-electron chi connectivity index (χ2n) is 6.71. The van der Waals surface area contributed by atoms with Gasteiger partial charge in [0.05, 0.1) is 6.10 Å². The van der Waals surface area contributed by atoms with Crippen LogP contribution in [-0.2, 0) is 0 Å². The second kappa shape index (κ2) is 7.03. The van der Waals surface area contributed by atoms with E-state index in [4.69, 9.17) is 0 Å². The number of rotatable bonds is 1. The van der Waals surface area contributed by atoms with E-state index < -0.39 is 6.10 Å². The first-order chi connectivity index (χ1) is 11.6. The predicted octanol–water partition coefficient (Wildman–Crippen LogP) is 0.754. The Morgan fingerprint density at radius 1 is 1.48 bits per heavy atom. The molecule has 2 saturated heterocycles. The Hall–Kier alpha value is -1.48. The fourth-order valence-corrected chi connectivity index (χ4v) is 4.57. The van der Waals surface area contributed by atoms with Gasteiger partial charge < -0.3 is 15.3 Å². The van der Waals surface area contributed by atoms with Gasteiger partial charge in [0.25, 0.3) is 11.5 Å². The van der Waals surface area contributed by atoms with Gasteiger partial charge >= 0.3 is 0 Å². The molecule has 9 heteroatoms. The monoisotopic (exact) mass is 384 g/mol. The summed E-state index contributed by atoms with van der Waals surface area (Å²) in [6.45, 7) is 2.60. The third kappa shape index (κ3) is 3.08. The number of fused-ring (bicyclic) bond motifs is 1. The molecule has 1 amide bonds. The maximum atomic E-state index is 12.9. The number of thiazole rings is 1. The van der Waals surface area contributed by atoms with Crippen LogP contribution in [-0.4, -0.2) is 57.6 Å². The smallest absolute Gasteiger partial charge is 0.271 e. The summed E-state index contributed by atoms with van der Waals surface area (Å²) in [5.74, 6) is -0.287. The number of hydrogen-bond acceptors (Lipinski definition) is 6. The van der Waals surface area contributed by atoms with Gasteiger partial charge in [0, 0.05) is 42.8 Å². The van der Waals surface area contributed by atoms with E-state index in [1.54, 1.807) is 16.5 Å². The number of aromatic nitrogens is 2. The van der Waals surface area contributed by atoms with Gasteiger partial charge in [0.15, 0.2) is 4.96 Å². The lowest BCUT2D eigenvalue weighted by Gasteiger charge is -2.48. The van der Waals surface area contributed by atoms with Gasteiger partial charge in [-0.2, -0.15) is 0 Å². The summed E-state index contributed by atoms with van der Waals surface area (Å²) in [5.41, 5.74) is -0.531. The zero-order valence-electron chi connectivity index (χ0n) is 13.7. The van der Waals surface area contributed by atoms with E-state index in [-0.39, 0.29) is 34.9 Å². The van der Waals surface area contributed by atoms with Gasteiger partial charge in [-0.25, -0.2) is 4.98 Å². The van der Waals surface area contributed by atoms with Crippen molar-refractivity contribution in [3.8, 4) is 0 Å². The number of aliphatic hydroxyl groups is 1. The Labute approximate surface area is 155 Å². The number of amides is 1. The van der Waals surface area contributed by atoms with Crippen LogP contribution in [0.15, 0.2) is 22.6 Å². The molecule has 2 aliphatic heterocycles. The maximum absolute atomic E-state index is 12.9. The highest BCUT2D eigenvalue weighted by molar-refractivity contribution is 7.15. The Balaban J connectivity index is 0.00000182. The lowest BCUT2D eigenvalue weighted by atomic mass is 9.72. The van der Waals surface area contributed by atoms with Crippen molar-refractivity contribution < 1.29 is 9.90 Å². The first kappa shape index (κ1) is 18.3. The largest absolute Gasteiger partial charge is 0.392 e. The van der Waals surface area contributed by atoms with Crippen LogP contribution in [0.1, 0.15) is 29.6 Å². The van der Waals surface area contributed by atoms with E-state index in [1.165, 1.54) is 21.9 Å². The van der Waals surface area contributed by atoms with Gasteiger partial charge in [0.1, 0.15) is 5.56 Å². The van der Waals surface area contributed by atoms with E-state index in [2.05, 4.69) is 10.3 Å². The summed E-state index contributed by atoms with van der Waals surface area (Å²) in [6, 6.07) is 0. The first-order valence-electron chi connectivity index (χ1n) is 8.24. The lowest BCUT2D eigenvalue weighted by Crippen LogP contribution is -2.59. The van der Waals surface area contributed by atoms with Crippen LogP contribution in [0.3, 0.4) is 0 Å². The molecule has 0 aromatic carbocycles. The van der Waals surface area contributed by atoms with Crippen LogP contribution in [0, 0.1) is 5.41 Å². The lowest BCUT2D eigenvalue weighted by molar-refractivity contribution is -0.0433. The summed E-state index contributed by atoms with van der Waals surface area (Å²) in [4.78, 5) is 31.9. The molecule has 0 unspecified atom stereocenters. The fourth-order valence-electron chi connectivity index (χ4n) is 3.89. The molecule has 0 radical (unpaired) electrons. The van der Waals surface area contributed by atoms with Gasteiger partial charge in [-0.3, -0.25) is 14.0 Å². The predicted molar refractivity (Wildman–Crippen MR) is 97.7 cm³/mol. The number of aliphatic hydroxyl groups excluding tert-OH is 1. The Bertz CT molecular complexity index is 834. The van der Waals surface area contributed by atoms with E-state index in [0.717, 1.165) is 19.4 Å². The molecule has 0 bridgehead atoms. The zero-order chi connectivity index (χ0) is 16.7. The van der Waals surface area contributed by atoms with Crippen LogP contribution in [0.5, 0.6) is 0 Å². The van der Waals surface area contributed by atoms with E-state index >= 15 is 0 Å². The van der Waals surface area contributed by atoms with Crippen LogP contribution in [0.25, 0.3) is 4.96 Å². The molecule has 4 heterocycles. The molecule has 0 aliphatic carbocycles. The van der Waals surface area contributed by atoms with Gasteiger partial charge in [-0.05, 0) is 25.8 Å². The van der Waals surface area contributed by atoms with Gasteiger partial charge in [-0.1, -0.05) is 0 Å². The van der Waals surface area contributed by atoms with Crippen molar-refractivity contribution in [1.82, 2.24) is 19.6 Å². The standard InChI is InChI=1S/C16H20N4O3S.ClH/c21-12-2-4-17-9-16(12)3-1-5-19(10-16)13(22)11-8-18-15-20(14(11)23)6-7-24-15;/h6-8,12,17,21H,1-5,9-10H2;1H/t12-,16-;/m0./s1. The van der Waals surface area contributed by atoms with Crippen molar-refractivity contribution in [2.75, 3.05) is 26.2 Å². The minimum atomic E-state index is -0.409. The molecule has 2 fully saturated rings. The number of piperidine rings is 2. The Morgan fingerprint density at radius 3 is 3.12 bits per heavy atom. The highest BCUT2D eigenvalue weighted by Gasteiger charge is 2.44. The van der Waals surface area contributed by atoms with E-state index in [9.17, 15) is 14.7 Å². The normalized spacial score (nSPS) is 26.6. The van der Waals surface area contributed by atoms with Crippen molar-refractivity contribution in [2.24, 2.45) is 5.41 Å². The Morgan fingerprint density at radius 2 is 2.32 bits per heavy atom. The average molecular weight is 385 g/mol. The fraction of sp³-hybridized carbons (Fsp3) is 0.562. The molecule has 2 aromatic heterocycles. The number of halogens is 1. The van der Waals surface area contributed by atoms with E-state index in [0.29, 0.717) is 31.0 Å². The summed E-state index contributed by atoms with van der Waals surface area (Å²) in [6.07, 6.45) is 5.04. The molecule has 1 spiro atoms. The molecule has 136 valence electrons. The molecule has 0 saturated carbocycles. The summed E-state index contributed by atoms with van der Waals surface area (Å²) in [5, 5.41) is 15.6. The molecule has 2 atom stereocenters. The molecular formula is C16H21ClN4O3S. The number of hydrogen-bond donors (Lipinski definition) is 2. The highest BCUT2D eigenvalue weighted by Crippen LogP contribution is 2.36. The molecule has 2 aliphatic rings. The third-order valence-electron chi connectivity index (χ3n) is 5.25. The molecular weight excluding hydrogens is 364 g/mol. The number of carbonyl (C=O) groups excluding carboxylic acids is 1. The molecule has 2 N–H and O–H groups in total. The summed E-state index contributed by atoms with van der Waals surface area (Å²) < 4.78 is 1.41. The quantitative estimate of drug-likeness (QED) is 0.757. The minimum Gasteiger partial charge on any atom is -0.392 e. The minimum absolute atomic E-state index is 0. The van der Waals surface area contributed by atoms with Crippen molar-refractivity contribution in [2.45, 2.75) is 25.4 Å². The van der Waals surface area contributed by atoms with Crippen LogP contribution < -0.4 is 10.9 Å². The molecule has 4 rings (SSSR count). The van der Waals surface area contributed by atoms with Crippen molar-refractivity contribution >= 4 is 34.6 Å². The van der Waals surface area contributed by atoms with Crippen molar-refractivity contribution in [3.05, 3.63) is 33.7 Å². The van der Waals surface area contributed by atoms with Crippen LogP contribution in [0.4, 0.5) is 0 Å². The third-order valence-corrected chi connectivity index (χ3v) is 6.02. The summed E-state index contributed by atoms with van der Waals surface area (Å²) in [7, 11) is 0. The van der Waals surface area contributed by atoms with E-state index in [1.807, 2.05) is 0 Å². The van der Waals surface area contributed by atoms with Gasteiger partial charge in [-0.15, -0.1) is 23.7 Å². The van der Waals surface area contributed by atoms with Crippen LogP contribution in [0.2, 0.25) is 0 Å². The average Bonchev–Trinajstić information content (AvgIpc) is 3.07. The molecule has 2 aromatic rings. The number of likely N-dealkylation sites (tertiary alicyclic amines) is 1. The topological polar surface area (TPSA) is 86.9 Å². The maximum Gasteiger partial charge on any atom is 0.271 e. The number of nitrogens with one attached hydrogen (secondary N) is 1. The highest BCUT2D eigenvalue weighted by atomic mass is 35.5. The molecule has 7 nitrogen and oxygen atoms in total. The SMILES string of the molecule is Cl.O=C(c1cnc2sccn2c1=O)N1CCC[C@]2(CNCC[C@@H]2O)C1. The number of nitrogens with zero attached hydrogens (tertiary/aromatic N) is 3.